The summed E-state index contributed by atoms with van der Waals surface area (Å²) in [5.41, 5.74) is 4.55. The number of aliphatic hydroxyl groups is 1. The maximum Gasteiger partial charge on any atom is 0.337 e. The van der Waals surface area contributed by atoms with Gasteiger partial charge in [-0.2, -0.15) is 0 Å². The summed E-state index contributed by atoms with van der Waals surface area (Å²) < 4.78 is 14.7. The third-order valence-corrected chi connectivity index (χ3v) is 5.84. The third-order valence-electron chi connectivity index (χ3n) is 5.61. The number of rotatable bonds is 5. The fourth-order valence-corrected chi connectivity index (χ4v) is 4.06. The number of carbonyl (C=O) groups is 1. The molecule has 3 N–H and O–H groups in total. The van der Waals surface area contributed by atoms with Gasteiger partial charge < -0.3 is 15.5 Å². The Kier molecular flexibility index (Phi) is 5.98. The van der Waals surface area contributed by atoms with Crippen molar-refractivity contribution in [3.05, 3.63) is 106 Å². The number of hydrogen-bond donors (Lipinski definition) is 3. The predicted octanol–water partition coefficient (Wildman–Crippen LogP) is 5.15. The molecule has 1 atom stereocenters. The largest absolute Gasteiger partial charge is 0.479 e. The Morgan fingerprint density at radius 2 is 1.80 bits per heavy atom. The Bertz CT molecular complexity index is 1470. The molecule has 4 aromatic rings. The van der Waals surface area contributed by atoms with E-state index in [1.807, 2.05) is 6.07 Å². The Labute approximate surface area is 204 Å². The van der Waals surface area contributed by atoms with Gasteiger partial charge >= 0.3 is 5.97 Å². The molecule has 0 saturated heterocycles. The maximum atomic E-state index is 14.7. The van der Waals surface area contributed by atoms with Gasteiger partial charge in [0.2, 0.25) is 5.95 Å². The standard InChI is InChI=1S/C26H18ClFN4O3/c27-16-7-10-18-20(11-16)23(19-3-1-2-4-21(19)28)29-12-15-13-30-26(32-22(15)18)31-17-8-5-14(6-9-17)24(33)25(34)35/h1-11,13,24,33H,12H2,(H,34,35)(H,30,31,32). The SMILES string of the molecule is O=C(O)C(O)c1ccc(Nc2ncc3c(n2)-c2ccc(Cl)cc2C(c2ccccc2F)=NC3)cc1. The molecular formula is C26H18ClFN4O3. The number of aliphatic imine (C=N–C) groups is 1. The Morgan fingerprint density at radius 3 is 2.54 bits per heavy atom. The smallest absolute Gasteiger partial charge is 0.337 e. The molecule has 0 saturated carbocycles. The molecule has 0 spiro atoms. The van der Waals surface area contributed by atoms with Crippen molar-refractivity contribution in [2.24, 2.45) is 4.99 Å². The lowest BCUT2D eigenvalue weighted by Crippen LogP contribution is -2.10. The van der Waals surface area contributed by atoms with Crippen LogP contribution >= 0.6 is 11.6 Å². The molecule has 1 aromatic heterocycles. The Balaban J connectivity index is 1.52. The van der Waals surface area contributed by atoms with Crippen LogP contribution in [0.5, 0.6) is 0 Å². The van der Waals surface area contributed by atoms with Crippen LogP contribution in [0.2, 0.25) is 5.02 Å². The number of aliphatic hydroxyl groups excluding tert-OH is 1. The van der Waals surface area contributed by atoms with Crippen LogP contribution in [0.4, 0.5) is 16.0 Å². The number of nitrogens with zero attached hydrogens (tertiary/aromatic N) is 3. The van der Waals surface area contributed by atoms with Crippen LogP contribution in [0.15, 0.2) is 77.9 Å². The minimum atomic E-state index is -1.60. The van der Waals surface area contributed by atoms with Crippen molar-refractivity contribution < 1.29 is 19.4 Å². The molecule has 174 valence electrons. The van der Waals surface area contributed by atoms with E-state index in [4.69, 9.17) is 21.7 Å². The molecule has 7 nitrogen and oxygen atoms in total. The molecule has 0 bridgehead atoms. The Hall–Kier alpha value is -4.14. The second-order valence-electron chi connectivity index (χ2n) is 7.89. The number of carboxylic acid groups (broad SMARTS) is 1. The predicted molar refractivity (Wildman–Crippen MR) is 131 cm³/mol. The third kappa shape index (κ3) is 4.49. The number of nitrogens with one attached hydrogen (secondary N) is 1. The highest BCUT2D eigenvalue weighted by molar-refractivity contribution is 6.31. The topological polar surface area (TPSA) is 108 Å². The van der Waals surface area contributed by atoms with Crippen molar-refractivity contribution in [3.8, 4) is 11.3 Å². The zero-order chi connectivity index (χ0) is 24.5. The number of carboxylic acids is 1. The summed E-state index contributed by atoms with van der Waals surface area (Å²) in [6, 6.07) is 18.1. The van der Waals surface area contributed by atoms with Crippen LogP contribution in [0.25, 0.3) is 11.3 Å². The average Bonchev–Trinajstić information content (AvgIpc) is 3.01. The quantitative estimate of drug-likeness (QED) is 0.358. The summed E-state index contributed by atoms with van der Waals surface area (Å²) in [5.74, 6) is -1.39. The first-order valence-electron chi connectivity index (χ1n) is 10.6. The van der Waals surface area contributed by atoms with Gasteiger partial charge in [0.15, 0.2) is 6.10 Å². The minimum Gasteiger partial charge on any atom is -0.479 e. The number of hydrogen-bond acceptors (Lipinski definition) is 6. The molecule has 1 aliphatic rings. The number of fused-ring (bicyclic) bond motifs is 3. The van der Waals surface area contributed by atoms with Gasteiger partial charge in [0.1, 0.15) is 5.82 Å². The molecule has 0 amide bonds. The van der Waals surface area contributed by atoms with E-state index in [0.717, 1.165) is 11.1 Å². The van der Waals surface area contributed by atoms with Crippen LogP contribution < -0.4 is 5.32 Å². The molecule has 9 heteroatoms. The van der Waals surface area contributed by atoms with Crippen molar-refractivity contribution in [2.45, 2.75) is 12.6 Å². The lowest BCUT2D eigenvalue weighted by molar-refractivity contribution is -0.146. The number of halogens is 2. The summed E-state index contributed by atoms with van der Waals surface area (Å²) >= 11 is 6.29. The molecule has 0 fully saturated rings. The second-order valence-corrected chi connectivity index (χ2v) is 8.33. The fourth-order valence-electron chi connectivity index (χ4n) is 3.89. The van der Waals surface area contributed by atoms with Gasteiger partial charge in [-0.25, -0.2) is 19.2 Å². The van der Waals surface area contributed by atoms with E-state index in [1.54, 1.807) is 48.7 Å². The first kappa shape index (κ1) is 22.6. The minimum absolute atomic E-state index is 0.257. The van der Waals surface area contributed by atoms with Crippen molar-refractivity contribution in [1.82, 2.24) is 9.97 Å². The molecule has 1 aliphatic heterocycles. The first-order valence-corrected chi connectivity index (χ1v) is 11.0. The van der Waals surface area contributed by atoms with Crippen LogP contribution in [0.3, 0.4) is 0 Å². The average molecular weight is 489 g/mol. The molecule has 5 rings (SSSR count). The van der Waals surface area contributed by atoms with Crippen LogP contribution in [-0.4, -0.2) is 31.9 Å². The fraction of sp³-hybridized carbons (Fsp3) is 0.0769. The van der Waals surface area contributed by atoms with Gasteiger partial charge in [-0.1, -0.05) is 41.9 Å². The summed E-state index contributed by atoms with van der Waals surface area (Å²) in [6.07, 6.45) is 0.0686. The molecule has 3 aromatic carbocycles. The van der Waals surface area contributed by atoms with E-state index in [1.165, 1.54) is 18.2 Å². The second kappa shape index (κ2) is 9.25. The highest BCUT2D eigenvalue weighted by Crippen LogP contribution is 2.34. The van der Waals surface area contributed by atoms with E-state index in [0.29, 0.717) is 39.2 Å². The lowest BCUT2D eigenvalue weighted by atomic mass is 9.95. The zero-order valence-electron chi connectivity index (χ0n) is 18.1. The van der Waals surface area contributed by atoms with Crippen molar-refractivity contribution in [1.29, 1.82) is 0 Å². The van der Waals surface area contributed by atoms with E-state index in [2.05, 4.69) is 15.3 Å². The van der Waals surface area contributed by atoms with E-state index in [9.17, 15) is 14.3 Å². The highest BCUT2D eigenvalue weighted by Gasteiger charge is 2.23. The summed E-state index contributed by atoms with van der Waals surface area (Å²) in [7, 11) is 0. The van der Waals surface area contributed by atoms with Gasteiger partial charge in [-0.3, -0.25) is 4.99 Å². The van der Waals surface area contributed by atoms with Gasteiger partial charge in [-0.05, 0) is 42.0 Å². The van der Waals surface area contributed by atoms with Gasteiger partial charge in [0.05, 0.1) is 18.0 Å². The molecule has 0 radical (unpaired) electrons. The van der Waals surface area contributed by atoms with Gasteiger partial charge in [0, 0.05) is 39.2 Å². The summed E-state index contributed by atoms with van der Waals surface area (Å²) in [4.78, 5) is 24.7. The maximum absolute atomic E-state index is 14.7. The van der Waals surface area contributed by atoms with E-state index >= 15 is 0 Å². The lowest BCUT2D eigenvalue weighted by Gasteiger charge is -2.13. The highest BCUT2D eigenvalue weighted by atomic mass is 35.5. The number of anilines is 2. The molecule has 0 aliphatic carbocycles. The summed E-state index contributed by atoms with van der Waals surface area (Å²) in [5, 5.41) is 22.2. The van der Waals surface area contributed by atoms with Crippen molar-refractivity contribution in [2.75, 3.05) is 5.32 Å². The van der Waals surface area contributed by atoms with Crippen LogP contribution in [-0.2, 0) is 11.3 Å². The van der Waals surface area contributed by atoms with Crippen molar-refractivity contribution >= 4 is 34.9 Å². The number of aliphatic carboxylic acids is 1. The van der Waals surface area contributed by atoms with Crippen LogP contribution in [0, 0.1) is 5.82 Å². The monoisotopic (exact) mass is 488 g/mol. The van der Waals surface area contributed by atoms with Gasteiger partial charge in [-0.15, -0.1) is 0 Å². The number of aromatic nitrogens is 2. The van der Waals surface area contributed by atoms with Gasteiger partial charge in [0.25, 0.3) is 0 Å². The van der Waals surface area contributed by atoms with E-state index in [-0.39, 0.29) is 17.9 Å². The van der Waals surface area contributed by atoms with Crippen LogP contribution in [0.1, 0.15) is 28.4 Å². The summed E-state index contributed by atoms with van der Waals surface area (Å²) in [6.45, 7) is 0.257. The first-order chi connectivity index (χ1) is 16.9. The molecule has 2 heterocycles. The van der Waals surface area contributed by atoms with Crippen molar-refractivity contribution in [3.63, 3.8) is 0 Å². The normalized spacial score (nSPS) is 13.2. The molecular weight excluding hydrogens is 471 g/mol. The zero-order valence-corrected chi connectivity index (χ0v) is 18.9. The van der Waals surface area contributed by atoms with E-state index < -0.39 is 12.1 Å². The number of benzene rings is 3. The Morgan fingerprint density at radius 1 is 1.03 bits per heavy atom. The molecule has 1 unspecified atom stereocenters. The molecule has 35 heavy (non-hydrogen) atoms.